The van der Waals surface area contributed by atoms with Crippen LogP contribution in [0.15, 0.2) is 121 Å². The summed E-state index contributed by atoms with van der Waals surface area (Å²) in [7, 11) is -2.19. The first kappa shape index (κ1) is 47.2. The summed E-state index contributed by atoms with van der Waals surface area (Å²) >= 11 is 14.0. The second kappa shape index (κ2) is 21.6. The molecule has 0 unspecified atom stereocenters. The van der Waals surface area contributed by atoms with Gasteiger partial charge < -0.3 is 5.32 Å². The van der Waals surface area contributed by atoms with Crippen LogP contribution >= 0.6 is 50.8 Å². The minimum absolute atomic E-state index is 0. The summed E-state index contributed by atoms with van der Waals surface area (Å²) in [5, 5.41) is 5.72. The fourth-order valence-electron chi connectivity index (χ4n) is 5.18. The van der Waals surface area contributed by atoms with Crippen molar-refractivity contribution >= 4 is 77.3 Å². The van der Waals surface area contributed by atoms with Crippen LogP contribution in [0.4, 0.5) is 39.5 Å². The van der Waals surface area contributed by atoms with Crippen LogP contribution in [0.1, 0.15) is 23.6 Å². The summed E-state index contributed by atoms with van der Waals surface area (Å²) in [4.78, 5) is 0. The average Bonchev–Trinajstić information content (AvgIpc) is 3.13. The second-order valence-electron chi connectivity index (χ2n) is 11.5. The molecule has 0 amide bonds. The molecule has 55 heavy (non-hydrogen) atoms. The molecule has 0 fully saturated rings. The van der Waals surface area contributed by atoms with Crippen molar-refractivity contribution in [2.45, 2.75) is 25.5 Å². The largest absolute Gasteiger partial charge is 2.00 e. The van der Waals surface area contributed by atoms with Crippen molar-refractivity contribution in [2.24, 2.45) is 0 Å². The van der Waals surface area contributed by atoms with Crippen molar-refractivity contribution in [3.8, 4) is 0 Å². The maximum atomic E-state index is 13.2. The molecule has 16 heteroatoms. The Morgan fingerprint density at radius 2 is 1.00 bits per heavy atom. The van der Waals surface area contributed by atoms with Gasteiger partial charge in [-0.2, -0.15) is 51.3 Å². The number of thioether (sulfide) groups is 1. The van der Waals surface area contributed by atoms with Gasteiger partial charge in [0.25, 0.3) is 0 Å². The normalized spacial score (nSPS) is 12.0. The van der Waals surface area contributed by atoms with Gasteiger partial charge in [-0.05, 0) is 85.9 Å². The molecule has 0 saturated carbocycles. The van der Waals surface area contributed by atoms with Gasteiger partial charge in [-0.25, -0.2) is 0 Å². The van der Waals surface area contributed by atoms with Gasteiger partial charge in [0.1, 0.15) is 0 Å². The molecule has 294 valence electrons. The summed E-state index contributed by atoms with van der Waals surface area (Å²) in [5.41, 5.74) is -3.15. The zero-order valence-electron chi connectivity index (χ0n) is 28.9. The van der Waals surface area contributed by atoms with Gasteiger partial charge in [-0.15, -0.1) is 0 Å². The van der Waals surface area contributed by atoms with Crippen LogP contribution in [-0.4, -0.2) is 30.8 Å². The Hall–Kier alpha value is -2.16. The van der Waals surface area contributed by atoms with Crippen LogP contribution in [0.5, 0.6) is 0 Å². The van der Waals surface area contributed by atoms with Gasteiger partial charge in [0.15, 0.2) is 0 Å². The van der Waals surface area contributed by atoms with Crippen LogP contribution in [0.2, 0.25) is 10.0 Å². The monoisotopic (exact) mass is 953 g/mol. The van der Waals surface area contributed by atoms with Gasteiger partial charge in [0, 0.05) is 17.6 Å². The van der Waals surface area contributed by atoms with Crippen molar-refractivity contribution in [1.82, 2.24) is 5.32 Å². The SMILES string of the molecule is CCSCCNCCP(c1ccccc1)c1ccccc1.FC(F)(F)c1ccc(P(c2ccc(C(F)(F)F)cc2)c2ccc(C(F)(F)F)c(Cl)c2Cl)cc1.[Ru+2]. The number of nitrogens with one attached hydrogen (secondary N) is 1. The molecule has 0 radical (unpaired) electrons. The number of halogens is 11. The fraction of sp³-hybridized carbons (Fsp3) is 0.231. The smallest absolute Gasteiger partial charge is 0.316 e. The van der Waals surface area contributed by atoms with Crippen LogP contribution in [0, 0.1) is 0 Å². The molecule has 0 aliphatic heterocycles. The molecule has 1 nitrogen and oxygen atoms in total. The Labute approximate surface area is 344 Å². The molecular formula is C39H34Cl2F9NP2RuS+2. The number of rotatable bonds is 12. The molecule has 0 aliphatic carbocycles. The van der Waals surface area contributed by atoms with E-state index in [0.29, 0.717) is 6.07 Å². The minimum atomic E-state index is -4.81. The quantitative estimate of drug-likeness (QED) is 0.0579. The van der Waals surface area contributed by atoms with E-state index in [4.69, 9.17) is 23.2 Å². The number of hydrogen-bond acceptors (Lipinski definition) is 2. The van der Waals surface area contributed by atoms with Crippen molar-refractivity contribution in [3.63, 3.8) is 0 Å². The molecule has 0 aromatic heterocycles. The van der Waals surface area contributed by atoms with E-state index in [-0.39, 0.29) is 43.3 Å². The Bertz CT molecular complexity index is 1800. The topological polar surface area (TPSA) is 12.0 Å². The summed E-state index contributed by atoms with van der Waals surface area (Å²) in [5.74, 6) is 2.42. The molecule has 5 rings (SSSR count). The molecule has 0 spiro atoms. The number of benzene rings is 5. The van der Waals surface area contributed by atoms with Crippen LogP contribution < -0.4 is 31.8 Å². The first-order chi connectivity index (χ1) is 25.5. The van der Waals surface area contributed by atoms with E-state index in [1.807, 2.05) is 11.8 Å². The van der Waals surface area contributed by atoms with Crippen molar-refractivity contribution in [1.29, 1.82) is 0 Å². The summed E-state index contributed by atoms with van der Waals surface area (Å²) in [6.07, 6.45) is -12.9. The molecule has 0 atom stereocenters. The molecule has 0 heterocycles. The number of hydrogen-bond donors (Lipinski definition) is 1. The van der Waals surface area contributed by atoms with Gasteiger partial charge in [-0.1, -0.05) is 121 Å². The third kappa shape index (κ3) is 13.7. The predicted octanol–water partition coefficient (Wildman–Crippen LogP) is 11.3. The Morgan fingerprint density at radius 3 is 1.40 bits per heavy atom. The van der Waals surface area contributed by atoms with Gasteiger partial charge in [0.05, 0.1) is 26.7 Å². The van der Waals surface area contributed by atoms with Crippen molar-refractivity contribution < 1.29 is 59.0 Å². The Kier molecular flexibility index (Phi) is 18.5. The molecule has 5 aromatic carbocycles. The second-order valence-corrected chi connectivity index (χ2v) is 18.1. The van der Waals surface area contributed by atoms with E-state index in [2.05, 4.69) is 72.9 Å². The van der Waals surface area contributed by atoms with Crippen LogP contribution in [-0.2, 0) is 38.0 Å². The van der Waals surface area contributed by atoms with E-state index in [0.717, 1.165) is 67.7 Å². The van der Waals surface area contributed by atoms with Gasteiger partial charge in [-0.3, -0.25) is 0 Å². The maximum absolute atomic E-state index is 13.2. The van der Waals surface area contributed by atoms with E-state index in [9.17, 15) is 39.5 Å². The number of alkyl halides is 9. The molecule has 1 N–H and O–H groups in total. The molecule has 0 bridgehead atoms. The zero-order chi connectivity index (χ0) is 39.5. The fourth-order valence-corrected chi connectivity index (χ4v) is 11.1. The maximum Gasteiger partial charge on any atom is 2.00 e. The van der Waals surface area contributed by atoms with Gasteiger partial charge >= 0.3 is 38.0 Å². The Balaban J connectivity index is 0.000000319. The summed E-state index contributed by atoms with van der Waals surface area (Å²) < 4.78 is 117. The van der Waals surface area contributed by atoms with E-state index < -0.39 is 53.2 Å². The molecular weight excluding hydrogens is 919 g/mol. The zero-order valence-corrected chi connectivity index (χ0v) is 34.8. The molecule has 0 aliphatic rings. The van der Waals surface area contributed by atoms with E-state index >= 15 is 0 Å². The van der Waals surface area contributed by atoms with Crippen molar-refractivity contribution in [3.05, 3.63) is 148 Å². The minimum Gasteiger partial charge on any atom is -0.316 e. The van der Waals surface area contributed by atoms with E-state index in [1.54, 1.807) is 0 Å². The standard InChI is InChI=1S/C21H10Cl2F9P.C18H24NPS.Ru/c22-17-15(21(30,31)32)9-10-16(18(17)23)33(13-5-1-11(2-6-13)19(24,25)26)14-7-3-12(4-8-14)20(27,28)29;1-2-21-16-14-19-13-15-20(17-9-5-3-6-10-17)18-11-7-4-8-12-18;/h1-10H;3-12,19H,2,13-16H2,1H3;/q;;+2. The third-order valence-corrected chi connectivity index (χ3v) is 14.7. The third-order valence-electron chi connectivity index (χ3n) is 7.79. The summed E-state index contributed by atoms with van der Waals surface area (Å²) in [6, 6.07) is 31.1. The molecule has 5 aromatic rings. The summed E-state index contributed by atoms with van der Waals surface area (Å²) in [6.45, 7) is 4.43. The Morgan fingerprint density at radius 1 is 0.545 bits per heavy atom. The van der Waals surface area contributed by atoms with Crippen LogP contribution in [0.3, 0.4) is 0 Å². The first-order valence-electron chi connectivity index (χ1n) is 16.4. The molecule has 0 saturated heterocycles. The predicted molar refractivity (Wildman–Crippen MR) is 210 cm³/mol. The average molecular weight is 954 g/mol. The van der Waals surface area contributed by atoms with Crippen molar-refractivity contribution in [2.75, 3.05) is 30.8 Å². The van der Waals surface area contributed by atoms with E-state index in [1.165, 1.54) is 28.3 Å². The van der Waals surface area contributed by atoms with Gasteiger partial charge in [0.2, 0.25) is 0 Å². The van der Waals surface area contributed by atoms with Crippen LogP contribution in [0.25, 0.3) is 0 Å². The first-order valence-corrected chi connectivity index (χ1v) is 21.2.